The number of carboxylic acid groups (broad SMARTS) is 1. The van der Waals surface area contributed by atoms with Gasteiger partial charge in [0.15, 0.2) is 0 Å². The highest BCUT2D eigenvalue weighted by molar-refractivity contribution is 8.00. The minimum atomic E-state index is -1.09. The van der Waals surface area contributed by atoms with Crippen LogP contribution in [-0.2, 0) is 9.59 Å². The summed E-state index contributed by atoms with van der Waals surface area (Å²) in [5.41, 5.74) is 1.59. The highest BCUT2D eigenvalue weighted by Gasteiger charge is 2.18. The van der Waals surface area contributed by atoms with Crippen LogP contribution in [0.15, 0.2) is 108 Å². The minimum absolute atomic E-state index is 0.0626. The van der Waals surface area contributed by atoms with Gasteiger partial charge in [-0.2, -0.15) is 0 Å². The van der Waals surface area contributed by atoms with E-state index in [1.54, 1.807) is 91.9 Å². The average Bonchev–Trinajstić information content (AvgIpc) is 2.99. The number of halogens is 2. The molecule has 1 unspecified atom stereocenters. The van der Waals surface area contributed by atoms with E-state index in [1.165, 1.54) is 30.0 Å². The lowest BCUT2D eigenvalue weighted by Gasteiger charge is -2.14. The van der Waals surface area contributed by atoms with Crippen LogP contribution in [0.25, 0.3) is 6.08 Å². The number of aromatic carboxylic acids is 1. The first kappa shape index (κ1) is 31.4. The number of thioether (sulfide) groups is 1. The molecular weight excluding hydrogens is 609 g/mol. The van der Waals surface area contributed by atoms with Crippen LogP contribution in [0.2, 0.25) is 10.0 Å². The van der Waals surface area contributed by atoms with Gasteiger partial charge >= 0.3 is 5.97 Å². The zero-order chi connectivity index (χ0) is 30.9. The van der Waals surface area contributed by atoms with Crippen LogP contribution in [0, 0.1) is 0 Å². The maximum atomic E-state index is 13.4. The van der Waals surface area contributed by atoms with Crippen LogP contribution in [0.5, 0.6) is 0 Å². The molecule has 4 aromatic carbocycles. The molecule has 0 radical (unpaired) electrons. The predicted molar refractivity (Wildman–Crippen MR) is 171 cm³/mol. The Morgan fingerprint density at radius 1 is 0.791 bits per heavy atom. The summed E-state index contributed by atoms with van der Waals surface area (Å²) in [6.07, 6.45) is 1.44. The number of amides is 3. The van der Waals surface area contributed by atoms with Crippen molar-refractivity contribution < 1.29 is 24.3 Å². The summed E-state index contributed by atoms with van der Waals surface area (Å²) >= 11 is 13.7. The Kier molecular flexibility index (Phi) is 10.6. The van der Waals surface area contributed by atoms with Gasteiger partial charge in [-0.05, 0) is 73.2 Å². The Labute approximate surface area is 262 Å². The van der Waals surface area contributed by atoms with Crippen molar-refractivity contribution in [3.05, 3.63) is 129 Å². The Morgan fingerprint density at radius 2 is 1.44 bits per heavy atom. The quantitative estimate of drug-likeness (QED) is 0.108. The summed E-state index contributed by atoms with van der Waals surface area (Å²) in [6, 6.07) is 26.3. The standard InChI is InChI=1S/C32H25Cl2N3O5S/c1-19(29(38)35-23-12-5-11-22(16-23)32(41)42)43-25-14-7-13-24(18-25)36-31(40)27(17-21-10-6-15-26(33)28(21)34)37-30(39)20-8-3-2-4-9-20/h2-19H,1H3,(H,35,38)(H,36,40)(H,37,39)(H,41,42)/b27-17+. The number of nitrogens with one attached hydrogen (secondary N) is 3. The van der Waals surface area contributed by atoms with Gasteiger partial charge in [0.25, 0.3) is 11.8 Å². The lowest BCUT2D eigenvalue weighted by Crippen LogP contribution is -2.30. The Hall–Kier alpha value is -4.57. The van der Waals surface area contributed by atoms with Crippen LogP contribution in [-0.4, -0.2) is 34.0 Å². The van der Waals surface area contributed by atoms with Gasteiger partial charge in [-0.3, -0.25) is 14.4 Å². The second-order valence-corrected chi connectivity index (χ2v) is 11.3. The van der Waals surface area contributed by atoms with Crippen LogP contribution >= 0.6 is 35.0 Å². The summed E-state index contributed by atoms with van der Waals surface area (Å²) in [5.74, 6) is -2.51. The van der Waals surface area contributed by atoms with E-state index in [2.05, 4.69) is 16.0 Å². The van der Waals surface area contributed by atoms with Crippen molar-refractivity contribution >= 4 is 76.1 Å². The molecule has 3 amide bonds. The first-order chi connectivity index (χ1) is 20.6. The molecular formula is C32H25Cl2N3O5S. The maximum Gasteiger partial charge on any atom is 0.335 e. The molecule has 0 bridgehead atoms. The summed E-state index contributed by atoms with van der Waals surface area (Å²) in [6.45, 7) is 1.71. The summed E-state index contributed by atoms with van der Waals surface area (Å²) in [7, 11) is 0. The first-order valence-electron chi connectivity index (χ1n) is 12.8. The number of benzene rings is 4. The number of carboxylic acids is 1. The van der Waals surface area contributed by atoms with E-state index in [-0.39, 0.29) is 22.2 Å². The third kappa shape index (κ3) is 8.71. The number of rotatable bonds is 10. The number of hydrogen-bond donors (Lipinski definition) is 4. The molecule has 8 nitrogen and oxygen atoms in total. The zero-order valence-electron chi connectivity index (χ0n) is 22.6. The Bertz CT molecular complexity index is 1710. The molecule has 0 aliphatic rings. The van der Waals surface area contributed by atoms with Gasteiger partial charge in [0.1, 0.15) is 5.70 Å². The van der Waals surface area contributed by atoms with E-state index < -0.39 is 23.0 Å². The fraction of sp³-hybridized carbons (Fsp3) is 0.0625. The van der Waals surface area contributed by atoms with Gasteiger partial charge in [0.2, 0.25) is 5.91 Å². The van der Waals surface area contributed by atoms with E-state index in [1.807, 2.05) is 0 Å². The molecule has 0 aliphatic carbocycles. The summed E-state index contributed by atoms with van der Waals surface area (Å²) < 4.78 is 0. The van der Waals surface area contributed by atoms with E-state index in [4.69, 9.17) is 23.2 Å². The molecule has 4 rings (SSSR count). The van der Waals surface area contributed by atoms with Crippen molar-refractivity contribution in [2.45, 2.75) is 17.1 Å². The van der Waals surface area contributed by atoms with Crippen LogP contribution in [0.3, 0.4) is 0 Å². The van der Waals surface area contributed by atoms with Crippen molar-refractivity contribution in [1.82, 2.24) is 5.32 Å². The fourth-order valence-electron chi connectivity index (χ4n) is 3.81. The number of carbonyl (C=O) groups excluding carboxylic acids is 3. The van der Waals surface area contributed by atoms with E-state index in [9.17, 15) is 24.3 Å². The molecule has 4 aromatic rings. The Morgan fingerprint density at radius 3 is 2.16 bits per heavy atom. The van der Waals surface area contributed by atoms with Crippen LogP contribution in [0.4, 0.5) is 11.4 Å². The van der Waals surface area contributed by atoms with Crippen molar-refractivity contribution in [1.29, 1.82) is 0 Å². The molecule has 0 aliphatic heterocycles. The average molecular weight is 635 g/mol. The van der Waals surface area contributed by atoms with Crippen molar-refractivity contribution in [2.75, 3.05) is 10.6 Å². The molecule has 0 spiro atoms. The third-order valence-electron chi connectivity index (χ3n) is 5.96. The SMILES string of the molecule is CC(Sc1cccc(NC(=O)/C(=C\c2cccc(Cl)c2Cl)NC(=O)c2ccccc2)c1)C(=O)Nc1cccc(C(=O)O)c1. The van der Waals surface area contributed by atoms with Gasteiger partial charge in [0.05, 0.1) is 20.9 Å². The summed E-state index contributed by atoms with van der Waals surface area (Å²) in [5, 5.41) is 17.3. The van der Waals surface area contributed by atoms with Crippen molar-refractivity contribution in [2.24, 2.45) is 0 Å². The second kappa shape index (κ2) is 14.6. The summed E-state index contributed by atoms with van der Waals surface area (Å²) in [4.78, 5) is 51.0. The minimum Gasteiger partial charge on any atom is -0.478 e. The topological polar surface area (TPSA) is 125 Å². The van der Waals surface area contributed by atoms with E-state index >= 15 is 0 Å². The Balaban J connectivity index is 1.50. The normalized spacial score (nSPS) is 11.7. The molecule has 43 heavy (non-hydrogen) atoms. The monoisotopic (exact) mass is 633 g/mol. The molecule has 11 heteroatoms. The van der Waals surface area contributed by atoms with Gasteiger partial charge in [-0.1, -0.05) is 65.7 Å². The predicted octanol–water partition coefficient (Wildman–Crippen LogP) is 7.22. The molecule has 0 fully saturated rings. The van der Waals surface area contributed by atoms with Gasteiger partial charge in [-0.25, -0.2) is 4.79 Å². The molecule has 0 aromatic heterocycles. The largest absolute Gasteiger partial charge is 0.478 e. The molecule has 4 N–H and O–H groups in total. The fourth-order valence-corrected chi connectivity index (χ4v) is 5.10. The van der Waals surface area contributed by atoms with Gasteiger partial charge in [0, 0.05) is 21.8 Å². The van der Waals surface area contributed by atoms with Gasteiger partial charge in [-0.15, -0.1) is 11.8 Å². The maximum absolute atomic E-state index is 13.4. The third-order valence-corrected chi connectivity index (χ3v) is 7.89. The molecule has 0 saturated heterocycles. The van der Waals surface area contributed by atoms with Gasteiger partial charge < -0.3 is 21.1 Å². The smallest absolute Gasteiger partial charge is 0.335 e. The van der Waals surface area contributed by atoms with E-state index in [0.717, 1.165) is 0 Å². The lowest BCUT2D eigenvalue weighted by atomic mass is 10.1. The van der Waals surface area contributed by atoms with Crippen molar-refractivity contribution in [3.8, 4) is 0 Å². The molecule has 0 saturated carbocycles. The number of hydrogen-bond acceptors (Lipinski definition) is 5. The second-order valence-electron chi connectivity index (χ2n) is 9.14. The first-order valence-corrected chi connectivity index (χ1v) is 14.5. The molecule has 218 valence electrons. The zero-order valence-corrected chi connectivity index (χ0v) is 25.0. The highest BCUT2D eigenvalue weighted by atomic mass is 35.5. The number of anilines is 2. The highest BCUT2D eigenvalue weighted by Crippen LogP contribution is 2.29. The van der Waals surface area contributed by atoms with Crippen LogP contribution in [0.1, 0.15) is 33.2 Å². The molecule has 0 heterocycles. The lowest BCUT2D eigenvalue weighted by molar-refractivity contribution is -0.115. The number of carbonyl (C=O) groups is 4. The van der Waals surface area contributed by atoms with Crippen molar-refractivity contribution in [3.63, 3.8) is 0 Å². The molecule has 1 atom stereocenters. The van der Waals surface area contributed by atoms with Crippen LogP contribution < -0.4 is 16.0 Å². The van der Waals surface area contributed by atoms with E-state index in [0.29, 0.717) is 32.4 Å².